The highest BCUT2D eigenvalue weighted by Crippen LogP contribution is 2.36. The minimum atomic E-state index is -0.0504. The lowest BCUT2D eigenvalue weighted by molar-refractivity contribution is -0.133. The van der Waals surface area contributed by atoms with Crippen molar-refractivity contribution in [2.45, 2.75) is 0 Å². The zero-order chi connectivity index (χ0) is 19.2. The summed E-state index contributed by atoms with van der Waals surface area (Å²) in [5.74, 6) is 1.49. The Bertz CT molecular complexity index is 791. The molecule has 0 aliphatic carbocycles. The molecule has 2 aromatic rings. The molecule has 144 valence electrons. The number of para-hydroxylation sites is 1. The van der Waals surface area contributed by atoms with Gasteiger partial charge < -0.3 is 24.0 Å². The number of halogens is 1. The molecular formula is C20H23ClN2O4. The maximum absolute atomic E-state index is 12.5. The summed E-state index contributed by atoms with van der Waals surface area (Å²) in [5, 5.41) is 0.714. The molecule has 0 saturated carbocycles. The van der Waals surface area contributed by atoms with Crippen LogP contribution in [0.15, 0.2) is 42.5 Å². The second-order valence-corrected chi connectivity index (χ2v) is 6.56. The van der Waals surface area contributed by atoms with E-state index in [0.29, 0.717) is 35.4 Å². The Balaban J connectivity index is 1.54. The van der Waals surface area contributed by atoms with E-state index >= 15 is 0 Å². The third-order valence-corrected chi connectivity index (χ3v) is 4.76. The highest BCUT2D eigenvalue weighted by atomic mass is 35.5. The SMILES string of the molecule is COc1cccc(OCC(=O)N2CCN(c3cccc(Cl)c3)CC2)c1OC. The quantitative estimate of drug-likeness (QED) is 0.758. The Labute approximate surface area is 164 Å². The van der Waals surface area contributed by atoms with Crippen LogP contribution in [0, 0.1) is 0 Å². The Morgan fingerprint density at radius 1 is 1.00 bits per heavy atom. The average Bonchev–Trinajstić information content (AvgIpc) is 2.71. The van der Waals surface area contributed by atoms with E-state index in [9.17, 15) is 4.79 Å². The number of benzene rings is 2. The highest BCUT2D eigenvalue weighted by Gasteiger charge is 2.22. The fourth-order valence-electron chi connectivity index (χ4n) is 3.09. The Morgan fingerprint density at radius 3 is 2.37 bits per heavy atom. The molecule has 0 bridgehead atoms. The second-order valence-electron chi connectivity index (χ2n) is 6.13. The van der Waals surface area contributed by atoms with Gasteiger partial charge in [-0.3, -0.25) is 4.79 Å². The van der Waals surface area contributed by atoms with Crippen LogP contribution < -0.4 is 19.1 Å². The molecule has 0 aromatic heterocycles. The van der Waals surface area contributed by atoms with E-state index in [0.717, 1.165) is 18.8 Å². The summed E-state index contributed by atoms with van der Waals surface area (Å²) in [4.78, 5) is 16.5. The average molecular weight is 391 g/mol. The van der Waals surface area contributed by atoms with E-state index in [1.807, 2.05) is 29.2 Å². The maximum Gasteiger partial charge on any atom is 0.260 e. The number of anilines is 1. The molecule has 1 aliphatic heterocycles. The van der Waals surface area contributed by atoms with Crippen LogP contribution in [0.1, 0.15) is 0 Å². The minimum Gasteiger partial charge on any atom is -0.493 e. The third kappa shape index (κ3) is 4.57. The number of carbonyl (C=O) groups excluding carboxylic acids is 1. The molecule has 1 heterocycles. The molecule has 7 heteroatoms. The summed E-state index contributed by atoms with van der Waals surface area (Å²) in [6, 6.07) is 13.1. The Kier molecular flexibility index (Phi) is 6.29. The van der Waals surface area contributed by atoms with Crippen LogP contribution in [-0.4, -0.2) is 57.8 Å². The second kappa shape index (κ2) is 8.86. The molecule has 0 atom stereocenters. The molecule has 1 fully saturated rings. The van der Waals surface area contributed by atoms with Gasteiger partial charge in [-0.25, -0.2) is 0 Å². The fraction of sp³-hybridized carbons (Fsp3) is 0.350. The van der Waals surface area contributed by atoms with Gasteiger partial charge in [0.2, 0.25) is 5.75 Å². The van der Waals surface area contributed by atoms with E-state index < -0.39 is 0 Å². The van der Waals surface area contributed by atoms with Gasteiger partial charge in [0, 0.05) is 36.9 Å². The van der Waals surface area contributed by atoms with E-state index in [4.69, 9.17) is 25.8 Å². The molecular weight excluding hydrogens is 368 g/mol. The standard InChI is InChI=1S/C20H23ClN2O4/c1-25-17-7-4-8-18(20(17)26-2)27-14-19(24)23-11-9-22(10-12-23)16-6-3-5-15(21)13-16/h3-8,13H,9-12,14H2,1-2H3. The zero-order valence-electron chi connectivity index (χ0n) is 15.5. The number of amides is 1. The Hall–Kier alpha value is -2.60. The summed E-state index contributed by atoms with van der Waals surface area (Å²) >= 11 is 6.06. The number of rotatable bonds is 6. The van der Waals surface area contributed by atoms with Crippen LogP contribution in [0.3, 0.4) is 0 Å². The van der Waals surface area contributed by atoms with Crippen LogP contribution in [0.2, 0.25) is 5.02 Å². The minimum absolute atomic E-state index is 0.0410. The predicted molar refractivity (Wildman–Crippen MR) is 105 cm³/mol. The lowest BCUT2D eigenvalue weighted by Crippen LogP contribution is -2.50. The predicted octanol–water partition coefficient (Wildman–Crippen LogP) is 3.08. The van der Waals surface area contributed by atoms with Gasteiger partial charge in [-0.15, -0.1) is 0 Å². The first-order chi connectivity index (χ1) is 13.1. The van der Waals surface area contributed by atoms with Crippen LogP contribution >= 0.6 is 11.6 Å². The molecule has 1 amide bonds. The van der Waals surface area contributed by atoms with Gasteiger partial charge in [0.05, 0.1) is 14.2 Å². The van der Waals surface area contributed by atoms with Crippen LogP contribution in [0.25, 0.3) is 0 Å². The molecule has 0 N–H and O–H groups in total. The van der Waals surface area contributed by atoms with Crippen molar-refractivity contribution >= 4 is 23.2 Å². The summed E-state index contributed by atoms with van der Waals surface area (Å²) < 4.78 is 16.3. The molecule has 1 aliphatic rings. The number of hydrogen-bond donors (Lipinski definition) is 0. The zero-order valence-corrected chi connectivity index (χ0v) is 16.2. The van der Waals surface area contributed by atoms with Crippen LogP contribution in [0.4, 0.5) is 5.69 Å². The summed E-state index contributed by atoms with van der Waals surface area (Å²) in [7, 11) is 3.10. The van der Waals surface area contributed by atoms with E-state index in [1.54, 1.807) is 32.4 Å². The van der Waals surface area contributed by atoms with Crippen molar-refractivity contribution in [3.63, 3.8) is 0 Å². The van der Waals surface area contributed by atoms with Crippen molar-refractivity contribution in [2.24, 2.45) is 0 Å². The molecule has 1 saturated heterocycles. The molecule has 2 aromatic carbocycles. The van der Waals surface area contributed by atoms with Crippen molar-refractivity contribution in [1.82, 2.24) is 4.90 Å². The van der Waals surface area contributed by atoms with E-state index in [1.165, 1.54) is 0 Å². The molecule has 0 unspecified atom stereocenters. The molecule has 6 nitrogen and oxygen atoms in total. The number of hydrogen-bond acceptors (Lipinski definition) is 5. The lowest BCUT2D eigenvalue weighted by Gasteiger charge is -2.36. The number of piperazine rings is 1. The van der Waals surface area contributed by atoms with Crippen molar-refractivity contribution in [3.8, 4) is 17.2 Å². The topological polar surface area (TPSA) is 51.2 Å². The first kappa shape index (κ1) is 19.2. The number of ether oxygens (including phenoxy) is 3. The lowest BCUT2D eigenvalue weighted by atomic mass is 10.2. The van der Waals surface area contributed by atoms with Gasteiger partial charge in [-0.05, 0) is 30.3 Å². The summed E-state index contributed by atoms with van der Waals surface area (Å²) in [5.41, 5.74) is 1.08. The van der Waals surface area contributed by atoms with Gasteiger partial charge in [0.25, 0.3) is 5.91 Å². The van der Waals surface area contributed by atoms with Crippen molar-refractivity contribution in [3.05, 3.63) is 47.5 Å². The largest absolute Gasteiger partial charge is 0.493 e. The van der Waals surface area contributed by atoms with Gasteiger partial charge >= 0.3 is 0 Å². The summed E-state index contributed by atoms with van der Waals surface area (Å²) in [6.45, 7) is 2.76. The third-order valence-electron chi connectivity index (χ3n) is 4.52. The van der Waals surface area contributed by atoms with Crippen molar-refractivity contribution in [2.75, 3.05) is 51.9 Å². The maximum atomic E-state index is 12.5. The first-order valence-corrected chi connectivity index (χ1v) is 9.12. The van der Waals surface area contributed by atoms with E-state index in [-0.39, 0.29) is 12.5 Å². The number of methoxy groups -OCH3 is 2. The van der Waals surface area contributed by atoms with Gasteiger partial charge in [0.1, 0.15) is 0 Å². The molecule has 27 heavy (non-hydrogen) atoms. The highest BCUT2D eigenvalue weighted by molar-refractivity contribution is 6.30. The van der Waals surface area contributed by atoms with Crippen molar-refractivity contribution in [1.29, 1.82) is 0 Å². The Morgan fingerprint density at radius 2 is 1.70 bits per heavy atom. The van der Waals surface area contributed by atoms with Crippen molar-refractivity contribution < 1.29 is 19.0 Å². The molecule has 0 radical (unpaired) electrons. The summed E-state index contributed by atoms with van der Waals surface area (Å²) in [6.07, 6.45) is 0. The smallest absolute Gasteiger partial charge is 0.260 e. The molecule has 3 rings (SSSR count). The fourth-order valence-corrected chi connectivity index (χ4v) is 3.27. The van der Waals surface area contributed by atoms with Gasteiger partial charge in [0.15, 0.2) is 18.1 Å². The monoisotopic (exact) mass is 390 g/mol. The normalized spacial score (nSPS) is 14.0. The number of carbonyl (C=O) groups is 1. The van der Waals surface area contributed by atoms with Gasteiger partial charge in [-0.2, -0.15) is 0 Å². The molecule has 0 spiro atoms. The van der Waals surface area contributed by atoms with Gasteiger partial charge in [-0.1, -0.05) is 23.7 Å². The van der Waals surface area contributed by atoms with Crippen LogP contribution in [0.5, 0.6) is 17.2 Å². The van der Waals surface area contributed by atoms with Crippen LogP contribution in [-0.2, 0) is 4.79 Å². The number of nitrogens with zero attached hydrogens (tertiary/aromatic N) is 2. The van der Waals surface area contributed by atoms with E-state index in [2.05, 4.69) is 4.90 Å². The first-order valence-electron chi connectivity index (χ1n) is 8.74.